The van der Waals surface area contributed by atoms with Crippen LogP contribution >= 0.6 is 0 Å². The van der Waals surface area contributed by atoms with E-state index in [1.165, 1.54) is 5.56 Å². The minimum absolute atomic E-state index is 0.218. The highest BCUT2D eigenvalue weighted by molar-refractivity contribution is 5.70. The molecule has 31 heavy (non-hydrogen) atoms. The lowest BCUT2D eigenvalue weighted by Gasteiger charge is -2.30. The van der Waals surface area contributed by atoms with Crippen LogP contribution in [-0.4, -0.2) is 6.18 Å². The Bertz CT molecular complexity index is 999. The van der Waals surface area contributed by atoms with E-state index in [1.54, 1.807) is 0 Å². The number of ether oxygens (including phenoxy) is 1. The summed E-state index contributed by atoms with van der Waals surface area (Å²) in [6, 6.07) is 24.5. The Morgan fingerprint density at radius 2 is 1.55 bits per heavy atom. The zero-order valence-electron chi connectivity index (χ0n) is 17.7. The molecule has 162 valence electrons. The van der Waals surface area contributed by atoms with E-state index in [2.05, 4.69) is 31.2 Å². The van der Waals surface area contributed by atoms with Gasteiger partial charge in [-0.05, 0) is 61.3 Å². The fourth-order valence-corrected chi connectivity index (χ4v) is 4.44. The van der Waals surface area contributed by atoms with Crippen molar-refractivity contribution in [3.05, 3.63) is 89.5 Å². The molecule has 4 rings (SSSR count). The third-order valence-corrected chi connectivity index (χ3v) is 6.25. The van der Waals surface area contributed by atoms with Crippen LogP contribution in [0.15, 0.2) is 72.8 Å². The van der Waals surface area contributed by atoms with Gasteiger partial charge in [0, 0.05) is 5.56 Å². The van der Waals surface area contributed by atoms with Crippen molar-refractivity contribution >= 4 is 0 Å². The normalized spacial score (nSPS) is 19.2. The van der Waals surface area contributed by atoms with Crippen molar-refractivity contribution in [1.29, 1.82) is 0 Å². The van der Waals surface area contributed by atoms with Crippen LogP contribution in [-0.2, 0) is 6.61 Å². The number of halogens is 3. The summed E-state index contributed by atoms with van der Waals surface area (Å²) in [5, 5.41) is 0. The number of hydrogen-bond donors (Lipinski definition) is 0. The van der Waals surface area contributed by atoms with Crippen LogP contribution in [0.2, 0.25) is 0 Å². The van der Waals surface area contributed by atoms with E-state index in [1.807, 2.05) is 48.5 Å². The minimum atomic E-state index is -4.05. The Hall–Kier alpha value is -2.75. The molecule has 1 nitrogen and oxygen atoms in total. The van der Waals surface area contributed by atoms with E-state index in [0.29, 0.717) is 19.4 Å². The van der Waals surface area contributed by atoms with Crippen LogP contribution < -0.4 is 4.74 Å². The van der Waals surface area contributed by atoms with E-state index < -0.39 is 12.1 Å². The fraction of sp³-hybridized carbons (Fsp3) is 0.333. The smallest absolute Gasteiger partial charge is 0.391 e. The molecule has 0 bridgehead atoms. The second kappa shape index (κ2) is 9.17. The first kappa shape index (κ1) is 21.5. The standard InChI is InChI=1S/C27H27F3O/c1-19-5-4-6-23(17-19)25-7-2-3-8-26(25)31-18-20-9-11-21(12-10-20)22-13-15-24(16-14-22)27(28,29)30/h2-12,17,22,24H,13-16,18H2,1H3. The molecule has 0 radical (unpaired) electrons. The first-order chi connectivity index (χ1) is 14.9. The SMILES string of the molecule is Cc1cccc(-c2ccccc2OCc2ccc(C3CCC(C(F)(F)F)CC3)cc2)c1. The molecule has 0 aromatic heterocycles. The van der Waals surface area contributed by atoms with Crippen molar-refractivity contribution in [1.82, 2.24) is 0 Å². The van der Waals surface area contributed by atoms with Crippen molar-refractivity contribution in [2.45, 2.75) is 51.3 Å². The number of benzene rings is 3. The maximum atomic E-state index is 12.9. The highest BCUT2D eigenvalue weighted by Crippen LogP contribution is 2.42. The predicted octanol–water partition coefficient (Wildman–Crippen LogP) is 8.08. The Morgan fingerprint density at radius 1 is 0.839 bits per heavy atom. The van der Waals surface area contributed by atoms with Gasteiger partial charge in [-0.15, -0.1) is 0 Å². The molecule has 0 heterocycles. The van der Waals surface area contributed by atoms with Crippen molar-refractivity contribution in [2.24, 2.45) is 5.92 Å². The zero-order valence-corrected chi connectivity index (χ0v) is 17.7. The third-order valence-electron chi connectivity index (χ3n) is 6.25. The summed E-state index contributed by atoms with van der Waals surface area (Å²) in [4.78, 5) is 0. The lowest BCUT2D eigenvalue weighted by Crippen LogP contribution is -2.27. The lowest BCUT2D eigenvalue weighted by molar-refractivity contribution is -0.182. The third kappa shape index (κ3) is 5.30. The van der Waals surface area contributed by atoms with Crippen LogP contribution in [0, 0.1) is 12.8 Å². The molecule has 0 amide bonds. The van der Waals surface area contributed by atoms with Gasteiger partial charge in [-0.25, -0.2) is 0 Å². The largest absolute Gasteiger partial charge is 0.488 e. The molecular weight excluding hydrogens is 397 g/mol. The molecule has 1 aliphatic rings. The Morgan fingerprint density at radius 3 is 2.23 bits per heavy atom. The predicted molar refractivity (Wildman–Crippen MR) is 118 cm³/mol. The lowest BCUT2D eigenvalue weighted by atomic mass is 9.78. The number of alkyl halides is 3. The van der Waals surface area contributed by atoms with Crippen molar-refractivity contribution in [3.8, 4) is 16.9 Å². The molecule has 1 fully saturated rings. The van der Waals surface area contributed by atoms with Gasteiger partial charge < -0.3 is 4.74 Å². The van der Waals surface area contributed by atoms with Crippen molar-refractivity contribution in [3.63, 3.8) is 0 Å². The summed E-state index contributed by atoms with van der Waals surface area (Å²) < 4.78 is 44.8. The van der Waals surface area contributed by atoms with Crippen LogP contribution in [0.3, 0.4) is 0 Å². The van der Waals surface area contributed by atoms with Crippen LogP contribution in [0.25, 0.3) is 11.1 Å². The molecule has 3 aromatic rings. The van der Waals surface area contributed by atoms with Gasteiger partial charge in [-0.2, -0.15) is 13.2 Å². The van der Waals surface area contributed by atoms with E-state index >= 15 is 0 Å². The van der Waals surface area contributed by atoms with Gasteiger partial charge >= 0.3 is 6.18 Å². The van der Waals surface area contributed by atoms with Gasteiger partial charge in [-0.1, -0.05) is 72.3 Å². The highest BCUT2D eigenvalue weighted by Gasteiger charge is 2.41. The maximum absolute atomic E-state index is 12.9. The Balaban J connectivity index is 1.39. The summed E-state index contributed by atoms with van der Waals surface area (Å²) >= 11 is 0. The fourth-order valence-electron chi connectivity index (χ4n) is 4.44. The van der Waals surface area contributed by atoms with Crippen LogP contribution in [0.1, 0.15) is 48.3 Å². The summed E-state index contributed by atoms with van der Waals surface area (Å²) in [6.07, 6.45) is -2.39. The number of aryl methyl sites for hydroxylation is 1. The molecule has 0 saturated heterocycles. The number of rotatable bonds is 5. The van der Waals surface area contributed by atoms with Crippen molar-refractivity contribution < 1.29 is 17.9 Å². The summed E-state index contributed by atoms with van der Waals surface area (Å²) in [6.45, 7) is 2.52. The van der Waals surface area contributed by atoms with E-state index in [9.17, 15) is 13.2 Å². The molecule has 0 N–H and O–H groups in total. The number of hydrogen-bond acceptors (Lipinski definition) is 1. The van der Waals surface area contributed by atoms with Crippen LogP contribution in [0.5, 0.6) is 5.75 Å². The molecule has 4 heteroatoms. The second-order valence-electron chi connectivity index (χ2n) is 8.49. The summed E-state index contributed by atoms with van der Waals surface area (Å²) in [5.41, 5.74) is 5.56. The monoisotopic (exact) mass is 424 g/mol. The van der Waals surface area contributed by atoms with Gasteiger partial charge in [0.15, 0.2) is 0 Å². The van der Waals surface area contributed by atoms with E-state index in [4.69, 9.17) is 4.74 Å². The van der Waals surface area contributed by atoms with E-state index in [-0.39, 0.29) is 18.8 Å². The average molecular weight is 425 g/mol. The molecule has 0 spiro atoms. The van der Waals surface area contributed by atoms with Crippen LogP contribution in [0.4, 0.5) is 13.2 Å². The molecule has 3 aromatic carbocycles. The molecule has 0 atom stereocenters. The van der Waals surface area contributed by atoms with Gasteiger partial charge in [0.05, 0.1) is 5.92 Å². The Kier molecular flexibility index (Phi) is 6.35. The zero-order chi connectivity index (χ0) is 21.8. The molecule has 1 aliphatic carbocycles. The molecular formula is C27H27F3O. The highest BCUT2D eigenvalue weighted by atomic mass is 19.4. The van der Waals surface area contributed by atoms with Gasteiger partial charge in [0.1, 0.15) is 12.4 Å². The van der Waals surface area contributed by atoms with Crippen molar-refractivity contribution in [2.75, 3.05) is 0 Å². The first-order valence-electron chi connectivity index (χ1n) is 10.8. The molecule has 1 saturated carbocycles. The first-order valence-corrected chi connectivity index (χ1v) is 10.8. The maximum Gasteiger partial charge on any atom is 0.391 e. The number of para-hydroxylation sites is 1. The summed E-state index contributed by atoms with van der Waals surface area (Å²) in [7, 11) is 0. The van der Waals surface area contributed by atoms with Gasteiger partial charge in [0.2, 0.25) is 0 Å². The molecule has 0 aliphatic heterocycles. The minimum Gasteiger partial charge on any atom is -0.488 e. The second-order valence-corrected chi connectivity index (χ2v) is 8.49. The molecule has 0 unspecified atom stereocenters. The average Bonchev–Trinajstić information content (AvgIpc) is 2.78. The quantitative estimate of drug-likeness (QED) is 0.402. The summed E-state index contributed by atoms with van der Waals surface area (Å²) in [5.74, 6) is -0.0804. The Labute approximate surface area is 181 Å². The topological polar surface area (TPSA) is 9.23 Å². The van der Waals surface area contributed by atoms with E-state index in [0.717, 1.165) is 28.0 Å². The van der Waals surface area contributed by atoms with Gasteiger partial charge in [-0.3, -0.25) is 0 Å². The van der Waals surface area contributed by atoms with Gasteiger partial charge in [0.25, 0.3) is 0 Å².